The van der Waals surface area contributed by atoms with Gasteiger partial charge >= 0.3 is 0 Å². The largest absolute Gasteiger partial charge is 0.472 e. The topological polar surface area (TPSA) is 109 Å². The van der Waals surface area contributed by atoms with E-state index in [1.807, 2.05) is 34.9 Å². The minimum atomic E-state index is -0.221. The molecule has 3 aromatic heterocycles. The summed E-state index contributed by atoms with van der Waals surface area (Å²) in [5.74, 6) is 0.996. The Morgan fingerprint density at radius 2 is 2.13 bits per heavy atom. The maximum Gasteiger partial charge on any atom is 0.243 e. The molecule has 1 unspecified atom stereocenters. The average Bonchev–Trinajstić information content (AvgIpc) is 3.43. The Labute approximate surface area is 173 Å². The van der Waals surface area contributed by atoms with E-state index < -0.39 is 0 Å². The van der Waals surface area contributed by atoms with E-state index in [1.54, 1.807) is 12.4 Å². The summed E-state index contributed by atoms with van der Waals surface area (Å²) in [5.41, 5.74) is 1.95. The zero-order valence-corrected chi connectivity index (χ0v) is 16.2. The minimum absolute atomic E-state index is 0.0965. The molecular formula is C21H19N7O2. The second-order valence-electron chi connectivity index (χ2n) is 6.79. The second kappa shape index (κ2) is 8.53. The van der Waals surface area contributed by atoms with E-state index in [0.29, 0.717) is 18.7 Å². The van der Waals surface area contributed by atoms with E-state index in [9.17, 15) is 4.79 Å². The van der Waals surface area contributed by atoms with Gasteiger partial charge in [0.2, 0.25) is 11.8 Å². The fraction of sp³-hybridized carbons (Fsp3) is 0.238. The average molecular weight is 401 g/mol. The van der Waals surface area contributed by atoms with Crippen molar-refractivity contribution in [2.24, 2.45) is 5.10 Å². The van der Waals surface area contributed by atoms with Gasteiger partial charge in [-0.05, 0) is 24.1 Å². The van der Waals surface area contributed by atoms with Gasteiger partial charge in [0.05, 0.1) is 24.1 Å². The number of ether oxygens (including phenoxy) is 1. The van der Waals surface area contributed by atoms with Crippen LogP contribution < -0.4 is 4.74 Å². The summed E-state index contributed by atoms with van der Waals surface area (Å²) in [6.07, 6.45) is 9.55. The number of amides is 1. The van der Waals surface area contributed by atoms with Crippen molar-refractivity contribution in [3.05, 3.63) is 66.7 Å². The zero-order valence-electron chi connectivity index (χ0n) is 16.2. The highest BCUT2D eigenvalue weighted by Crippen LogP contribution is 2.29. The molecule has 0 bridgehead atoms. The number of fused-ring (bicyclic) bond motifs is 1. The van der Waals surface area contributed by atoms with Gasteiger partial charge in [-0.25, -0.2) is 20.0 Å². The molecule has 0 aliphatic carbocycles. The monoisotopic (exact) mass is 401 g/mol. The lowest BCUT2D eigenvalue weighted by Gasteiger charge is -2.21. The molecule has 30 heavy (non-hydrogen) atoms. The molecular weight excluding hydrogens is 382 g/mol. The van der Waals surface area contributed by atoms with Gasteiger partial charge in [-0.1, -0.05) is 12.6 Å². The zero-order chi connectivity index (χ0) is 20.9. The lowest BCUT2D eigenvalue weighted by Crippen LogP contribution is -2.28. The summed E-state index contributed by atoms with van der Waals surface area (Å²) in [6, 6.07) is 7.53. The molecule has 1 amide bonds. The molecule has 1 atom stereocenters. The van der Waals surface area contributed by atoms with Gasteiger partial charge in [0.25, 0.3) is 0 Å². The van der Waals surface area contributed by atoms with Crippen LogP contribution in [0.25, 0.3) is 5.52 Å². The van der Waals surface area contributed by atoms with Gasteiger partial charge < -0.3 is 9.14 Å². The molecule has 0 radical (unpaired) electrons. The van der Waals surface area contributed by atoms with E-state index in [0.717, 1.165) is 16.9 Å². The van der Waals surface area contributed by atoms with E-state index in [4.69, 9.17) is 10.00 Å². The van der Waals surface area contributed by atoms with Crippen LogP contribution in [-0.2, 0) is 4.79 Å². The number of nitriles is 1. The predicted molar refractivity (Wildman–Crippen MR) is 109 cm³/mol. The summed E-state index contributed by atoms with van der Waals surface area (Å²) < 4.78 is 7.48. The van der Waals surface area contributed by atoms with E-state index in [1.165, 1.54) is 17.4 Å². The molecule has 9 nitrogen and oxygen atoms in total. The van der Waals surface area contributed by atoms with Crippen molar-refractivity contribution in [1.82, 2.24) is 24.4 Å². The lowest BCUT2D eigenvalue weighted by atomic mass is 10.1. The van der Waals surface area contributed by atoms with Crippen LogP contribution >= 0.6 is 0 Å². The van der Waals surface area contributed by atoms with Crippen molar-refractivity contribution in [2.45, 2.75) is 25.3 Å². The number of imidazole rings is 1. The van der Waals surface area contributed by atoms with Crippen LogP contribution in [0.1, 0.15) is 36.8 Å². The number of carbonyl (C=O) groups excluding carboxylic acids is 1. The summed E-state index contributed by atoms with van der Waals surface area (Å²) >= 11 is 0. The first-order valence-electron chi connectivity index (χ1n) is 9.44. The Morgan fingerprint density at radius 1 is 1.23 bits per heavy atom. The quantitative estimate of drug-likeness (QED) is 0.563. The number of carbonyl (C=O) groups is 1. The van der Waals surface area contributed by atoms with E-state index in [-0.39, 0.29) is 30.7 Å². The Balaban J connectivity index is 1.32. The first kappa shape index (κ1) is 19.3. The number of hydrogen-bond donors (Lipinski definition) is 0. The van der Waals surface area contributed by atoms with Crippen molar-refractivity contribution in [2.75, 3.05) is 6.61 Å². The minimum Gasteiger partial charge on any atom is -0.472 e. The smallest absolute Gasteiger partial charge is 0.243 e. The maximum atomic E-state index is 12.8. The Hall–Kier alpha value is -4.06. The first-order valence-corrected chi connectivity index (χ1v) is 9.44. The van der Waals surface area contributed by atoms with Crippen LogP contribution in [0.5, 0.6) is 5.88 Å². The molecule has 0 saturated heterocycles. The van der Waals surface area contributed by atoms with Crippen LogP contribution in [0.3, 0.4) is 0 Å². The molecule has 9 heteroatoms. The molecule has 1 aliphatic heterocycles. The predicted octanol–water partition coefficient (Wildman–Crippen LogP) is 2.67. The SMILES string of the molecule is C=C(CCC(=O)N1N=CCC1c1ncc2ccccn12)COc1cnc(C#N)cn1. The standard InChI is InChI=1S/C21H19N7O2/c1-15(14-30-19-13-23-16(10-22)11-24-19)5-6-20(29)28-18(7-8-26-28)21-25-12-17-4-2-3-9-27(17)21/h2-4,8-9,11-13,18H,1,5-7,14H2. The molecule has 3 aromatic rings. The Bertz CT molecular complexity index is 1140. The van der Waals surface area contributed by atoms with Crippen molar-refractivity contribution >= 4 is 17.6 Å². The summed E-state index contributed by atoms with van der Waals surface area (Å²) in [5, 5.41) is 14.5. The van der Waals surface area contributed by atoms with Gasteiger partial charge in [-0.2, -0.15) is 10.4 Å². The van der Waals surface area contributed by atoms with E-state index in [2.05, 4.69) is 26.6 Å². The van der Waals surface area contributed by atoms with Crippen LogP contribution in [0.15, 0.2) is 60.2 Å². The van der Waals surface area contributed by atoms with Crippen molar-refractivity contribution in [1.29, 1.82) is 5.26 Å². The molecule has 0 aromatic carbocycles. The van der Waals surface area contributed by atoms with Crippen LogP contribution in [0.4, 0.5) is 0 Å². The lowest BCUT2D eigenvalue weighted by molar-refractivity contribution is -0.133. The highest BCUT2D eigenvalue weighted by Gasteiger charge is 2.30. The highest BCUT2D eigenvalue weighted by molar-refractivity contribution is 5.80. The molecule has 1 aliphatic rings. The van der Waals surface area contributed by atoms with E-state index >= 15 is 0 Å². The Morgan fingerprint density at radius 3 is 2.93 bits per heavy atom. The molecule has 0 N–H and O–H groups in total. The van der Waals surface area contributed by atoms with Gasteiger partial charge in [-0.3, -0.25) is 4.79 Å². The van der Waals surface area contributed by atoms with Gasteiger partial charge in [-0.15, -0.1) is 0 Å². The van der Waals surface area contributed by atoms with Gasteiger partial charge in [0, 0.05) is 25.3 Å². The number of nitrogens with zero attached hydrogens (tertiary/aromatic N) is 7. The third kappa shape index (κ3) is 4.03. The molecule has 150 valence electrons. The van der Waals surface area contributed by atoms with Crippen molar-refractivity contribution in [3.8, 4) is 11.9 Å². The normalized spacial score (nSPS) is 15.3. The number of pyridine rings is 1. The number of hydrogen-bond acceptors (Lipinski definition) is 7. The summed E-state index contributed by atoms with van der Waals surface area (Å²) in [6.45, 7) is 4.17. The molecule has 0 saturated carbocycles. The molecule has 0 spiro atoms. The summed E-state index contributed by atoms with van der Waals surface area (Å²) in [4.78, 5) is 25.2. The molecule has 4 rings (SSSR count). The Kier molecular flexibility index (Phi) is 5.48. The number of rotatable bonds is 7. The van der Waals surface area contributed by atoms with Crippen molar-refractivity contribution < 1.29 is 9.53 Å². The van der Waals surface area contributed by atoms with Gasteiger partial charge in [0.15, 0.2) is 5.69 Å². The third-order valence-electron chi connectivity index (χ3n) is 4.71. The fourth-order valence-corrected chi connectivity index (χ4v) is 3.17. The van der Waals surface area contributed by atoms with Crippen LogP contribution in [0.2, 0.25) is 0 Å². The second-order valence-corrected chi connectivity index (χ2v) is 6.79. The molecule has 0 fully saturated rings. The summed E-state index contributed by atoms with van der Waals surface area (Å²) in [7, 11) is 0. The fourth-order valence-electron chi connectivity index (χ4n) is 3.17. The van der Waals surface area contributed by atoms with Crippen LogP contribution in [-0.4, -0.2) is 43.1 Å². The highest BCUT2D eigenvalue weighted by atomic mass is 16.5. The maximum absolute atomic E-state index is 12.8. The number of hydrazone groups is 1. The number of aromatic nitrogens is 4. The molecule has 4 heterocycles. The first-order chi connectivity index (χ1) is 14.7. The van der Waals surface area contributed by atoms with Gasteiger partial charge in [0.1, 0.15) is 24.5 Å². The third-order valence-corrected chi connectivity index (χ3v) is 4.71. The van der Waals surface area contributed by atoms with Crippen molar-refractivity contribution in [3.63, 3.8) is 0 Å². The van der Waals surface area contributed by atoms with Crippen LogP contribution in [0, 0.1) is 11.3 Å².